The minimum Gasteiger partial charge on any atom is -0.422 e. The Kier molecular flexibility index (Phi) is 5.61. The van der Waals surface area contributed by atoms with Crippen LogP contribution in [-0.4, -0.2) is 11.8 Å². The predicted molar refractivity (Wildman–Crippen MR) is 100 cm³/mol. The van der Waals surface area contributed by atoms with Crippen LogP contribution in [0.5, 0.6) is 5.75 Å². The first kappa shape index (κ1) is 18.0. The van der Waals surface area contributed by atoms with E-state index in [2.05, 4.69) is 0 Å². The number of benzene rings is 2. The van der Waals surface area contributed by atoms with Gasteiger partial charge in [0.1, 0.15) is 16.4 Å². The maximum atomic E-state index is 13.6. The number of hydrogen-bond acceptors (Lipinski definition) is 4. The zero-order chi connectivity index (χ0) is 18.5. The quantitative estimate of drug-likeness (QED) is 0.246. The van der Waals surface area contributed by atoms with E-state index in [1.807, 2.05) is 0 Å². The first-order valence-electron chi connectivity index (χ1n) is 7.57. The number of carbonyl (C=O) groups excluding carboxylic acids is 2. The molecule has 0 atom stereocenters. The van der Waals surface area contributed by atoms with Crippen molar-refractivity contribution in [3.8, 4) is 5.75 Å². The van der Waals surface area contributed by atoms with Gasteiger partial charge in [0, 0.05) is 5.02 Å². The standard InChI is InChI=1S/C20H12ClFO3S/c21-16-5-2-1-4-13(16)7-9-17(23)15-12-14(22)8-10-18(15)25-20(24)19-6-3-11-26-19/h1-12H/b9-7+. The molecule has 0 unspecified atom stereocenters. The normalized spacial score (nSPS) is 10.8. The highest BCUT2D eigenvalue weighted by atomic mass is 35.5. The van der Waals surface area contributed by atoms with Gasteiger partial charge in [0.2, 0.25) is 0 Å². The van der Waals surface area contributed by atoms with Gasteiger partial charge in [-0.1, -0.05) is 35.9 Å². The molecule has 0 fully saturated rings. The molecule has 3 rings (SSSR count). The highest BCUT2D eigenvalue weighted by Gasteiger charge is 2.16. The summed E-state index contributed by atoms with van der Waals surface area (Å²) in [5.41, 5.74) is 0.606. The van der Waals surface area contributed by atoms with Crippen LogP contribution in [0.25, 0.3) is 6.08 Å². The van der Waals surface area contributed by atoms with Crippen molar-refractivity contribution in [1.82, 2.24) is 0 Å². The highest BCUT2D eigenvalue weighted by molar-refractivity contribution is 7.12. The number of hydrogen-bond donors (Lipinski definition) is 0. The fourth-order valence-electron chi connectivity index (χ4n) is 2.19. The summed E-state index contributed by atoms with van der Waals surface area (Å²) in [4.78, 5) is 25.0. The van der Waals surface area contributed by atoms with Gasteiger partial charge in [0.15, 0.2) is 5.78 Å². The van der Waals surface area contributed by atoms with Gasteiger partial charge in [-0.2, -0.15) is 0 Å². The van der Waals surface area contributed by atoms with Gasteiger partial charge in [-0.05, 0) is 53.4 Å². The first-order chi connectivity index (χ1) is 12.5. The van der Waals surface area contributed by atoms with Gasteiger partial charge < -0.3 is 4.74 Å². The third-order valence-corrected chi connectivity index (χ3v) is 4.65. The molecule has 2 aromatic carbocycles. The van der Waals surface area contributed by atoms with Gasteiger partial charge in [0.25, 0.3) is 0 Å². The lowest BCUT2D eigenvalue weighted by Gasteiger charge is -2.07. The molecule has 26 heavy (non-hydrogen) atoms. The molecule has 3 nitrogen and oxygen atoms in total. The average molecular weight is 387 g/mol. The molecule has 0 radical (unpaired) electrons. The number of ether oxygens (including phenoxy) is 1. The van der Waals surface area contributed by atoms with E-state index >= 15 is 0 Å². The lowest BCUT2D eigenvalue weighted by atomic mass is 10.1. The summed E-state index contributed by atoms with van der Waals surface area (Å²) in [6, 6.07) is 13.7. The molecule has 0 aliphatic carbocycles. The van der Waals surface area contributed by atoms with Crippen molar-refractivity contribution in [3.05, 3.63) is 92.9 Å². The number of carbonyl (C=O) groups is 2. The average Bonchev–Trinajstić information content (AvgIpc) is 3.17. The van der Waals surface area contributed by atoms with Crippen molar-refractivity contribution in [2.45, 2.75) is 0 Å². The van der Waals surface area contributed by atoms with Crippen molar-refractivity contribution in [1.29, 1.82) is 0 Å². The third kappa shape index (κ3) is 4.25. The minimum absolute atomic E-state index is 0.00129. The summed E-state index contributed by atoms with van der Waals surface area (Å²) in [7, 11) is 0. The fraction of sp³-hybridized carbons (Fsp3) is 0. The van der Waals surface area contributed by atoms with Crippen LogP contribution < -0.4 is 4.74 Å². The van der Waals surface area contributed by atoms with Crippen LogP contribution in [0.2, 0.25) is 5.02 Å². The Morgan fingerprint density at radius 2 is 1.88 bits per heavy atom. The van der Waals surface area contributed by atoms with E-state index in [1.165, 1.54) is 29.6 Å². The molecule has 0 amide bonds. The summed E-state index contributed by atoms with van der Waals surface area (Å²) < 4.78 is 18.9. The molecule has 6 heteroatoms. The predicted octanol–water partition coefficient (Wildman–Crippen LogP) is 5.66. The topological polar surface area (TPSA) is 43.4 Å². The molecule has 3 aromatic rings. The van der Waals surface area contributed by atoms with E-state index in [4.69, 9.17) is 16.3 Å². The summed E-state index contributed by atoms with van der Waals surface area (Å²) in [6.07, 6.45) is 2.79. The zero-order valence-electron chi connectivity index (χ0n) is 13.3. The van der Waals surface area contributed by atoms with Crippen molar-refractivity contribution < 1.29 is 18.7 Å². The number of allylic oxidation sites excluding steroid dienone is 1. The van der Waals surface area contributed by atoms with E-state index in [0.717, 1.165) is 12.1 Å². The van der Waals surface area contributed by atoms with E-state index in [9.17, 15) is 14.0 Å². The molecule has 0 bridgehead atoms. The van der Waals surface area contributed by atoms with Gasteiger partial charge in [-0.3, -0.25) is 4.79 Å². The SMILES string of the molecule is O=C(Oc1ccc(F)cc1C(=O)/C=C/c1ccccc1Cl)c1cccs1. The summed E-state index contributed by atoms with van der Waals surface area (Å²) >= 11 is 7.26. The van der Waals surface area contributed by atoms with Crippen LogP contribution in [0, 0.1) is 5.82 Å². The van der Waals surface area contributed by atoms with Crippen molar-refractivity contribution >= 4 is 40.8 Å². The lowest BCUT2D eigenvalue weighted by molar-refractivity contribution is 0.0738. The molecular weight excluding hydrogens is 375 g/mol. The Hall–Kier alpha value is -2.76. The van der Waals surface area contributed by atoms with Gasteiger partial charge in [0.05, 0.1) is 5.56 Å². The maximum absolute atomic E-state index is 13.6. The lowest BCUT2D eigenvalue weighted by Crippen LogP contribution is -2.10. The maximum Gasteiger partial charge on any atom is 0.353 e. The van der Waals surface area contributed by atoms with E-state index in [0.29, 0.717) is 15.5 Å². The number of esters is 1. The van der Waals surface area contributed by atoms with Crippen LogP contribution in [0.4, 0.5) is 4.39 Å². The Morgan fingerprint density at radius 3 is 2.62 bits per heavy atom. The smallest absolute Gasteiger partial charge is 0.353 e. The molecule has 0 aliphatic rings. The number of rotatable bonds is 5. The Bertz CT molecular complexity index is 980. The van der Waals surface area contributed by atoms with E-state index in [1.54, 1.807) is 41.8 Å². The Morgan fingerprint density at radius 1 is 1.08 bits per heavy atom. The second-order valence-electron chi connectivity index (χ2n) is 5.23. The summed E-state index contributed by atoms with van der Waals surface area (Å²) in [5, 5.41) is 2.22. The highest BCUT2D eigenvalue weighted by Crippen LogP contribution is 2.24. The largest absolute Gasteiger partial charge is 0.422 e. The molecule has 0 N–H and O–H groups in total. The first-order valence-corrected chi connectivity index (χ1v) is 8.82. The van der Waals surface area contributed by atoms with Crippen LogP contribution in [-0.2, 0) is 0 Å². The monoisotopic (exact) mass is 386 g/mol. The second kappa shape index (κ2) is 8.08. The molecule has 0 saturated heterocycles. The summed E-state index contributed by atoms with van der Waals surface area (Å²) in [5.74, 6) is -1.71. The van der Waals surface area contributed by atoms with E-state index < -0.39 is 17.6 Å². The van der Waals surface area contributed by atoms with Crippen molar-refractivity contribution in [2.24, 2.45) is 0 Å². The van der Waals surface area contributed by atoms with Crippen LogP contribution in [0.3, 0.4) is 0 Å². The molecule has 0 spiro atoms. The third-order valence-electron chi connectivity index (χ3n) is 3.45. The number of thiophene rings is 1. The number of halogens is 2. The molecule has 1 heterocycles. The van der Waals surface area contributed by atoms with Crippen molar-refractivity contribution in [3.63, 3.8) is 0 Å². The molecule has 0 saturated carbocycles. The Labute approximate surface area is 158 Å². The minimum atomic E-state index is -0.601. The molecule has 1 aromatic heterocycles. The summed E-state index contributed by atoms with van der Waals surface area (Å²) in [6.45, 7) is 0. The van der Waals surface area contributed by atoms with Crippen molar-refractivity contribution in [2.75, 3.05) is 0 Å². The Balaban J connectivity index is 1.86. The van der Waals surface area contributed by atoms with Gasteiger partial charge >= 0.3 is 5.97 Å². The van der Waals surface area contributed by atoms with Crippen LogP contribution in [0.15, 0.2) is 66.1 Å². The van der Waals surface area contributed by atoms with E-state index in [-0.39, 0.29) is 11.3 Å². The molecule has 130 valence electrons. The zero-order valence-corrected chi connectivity index (χ0v) is 14.9. The fourth-order valence-corrected chi connectivity index (χ4v) is 2.99. The van der Waals surface area contributed by atoms with Crippen LogP contribution in [0.1, 0.15) is 25.6 Å². The van der Waals surface area contributed by atoms with Gasteiger partial charge in [-0.15, -0.1) is 11.3 Å². The van der Waals surface area contributed by atoms with Gasteiger partial charge in [-0.25, -0.2) is 9.18 Å². The van der Waals surface area contributed by atoms with Crippen LogP contribution >= 0.6 is 22.9 Å². The number of ketones is 1. The molecule has 0 aliphatic heterocycles. The second-order valence-corrected chi connectivity index (χ2v) is 6.58. The molecular formula is C20H12ClFO3S.